The molecule has 0 spiro atoms. The summed E-state index contributed by atoms with van der Waals surface area (Å²) in [5, 5.41) is 3.48. The fourth-order valence-corrected chi connectivity index (χ4v) is 1.38. The van der Waals surface area contributed by atoms with Crippen molar-refractivity contribution < 1.29 is 4.74 Å². The Morgan fingerprint density at radius 3 is 3.44 bits per heavy atom. The second-order valence-corrected chi connectivity index (χ2v) is 2.98. The molecule has 2 fully saturated rings. The molecule has 1 aliphatic heterocycles. The summed E-state index contributed by atoms with van der Waals surface area (Å²) in [5.41, 5.74) is 0. The molecule has 2 heteroatoms. The van der Waals surface area contributed by atoms with Gasteiger partial charge in [0, 0.05) is 12.6 Å². The van der Waals surface area contributed by atoms with Gasteiger partial charge < -0.3 is 10.1 Å². The van der Waals surface area contributed by atoms with Crippen molar-refractivity contribution in [2.45, 2.75) is 18.9 Å². The largest absolute Gasteiger partial charge is 0.381 e. The van der Waals surface area contributed by atoms with E-state index in [4.69, 9.17) is 4.74 Å². The Morgan fingerprint density at radius 1 is 1.44 bits per heavy atom. The highest BCUT2D eigenvalue weighted by atomic mass is 16.5. The maximum atomic E-state index is 5.39. The fourth-order valence-electron chi connectivity index (χ4n) is 1.38. The van der Waals surface area contributed by atoms with E-state index in [1.807, 2.05) is 0 Å². The molecular formula is C7H13NO. The third kappa shape index (κ3) is 1.25. The zero-order valence-electron chi connectivity index (χ0n) is 5.60. The van der Waals surface area contributed by atoms with Gasteiger partial charge in [0.05, 0.1) is 6.61 Å². The zero-order chi connectivity index (χ0) is 6.10. The van der Waals surface area contributed by atoms with Crippen LogP contribution < -0.4 is 5.32 Å². The lowest BCUT2D eigenvalue weighted by molar-refractivity contribution is 0.112. The minimum absolute atomic E-state index is 0.810. The SMILES string of the molecule is C1CNC2CC2COC1. The van der Waals surface area contributed by atoms with Gasteiger partial charge in [-0.3, -0.25) is 0 Å². The summed E-state index contributed by atoms with van der Waals surface area (Å²) in [4.78, 5) is 0. The average molecular weight is 127 g/mol. The van der Waals surface area contributed by atoms with Crippen molar-refractivity contribution in [2.75, 3.05) is 19.8 Å². The lowest BCUT2D eigenvalue weighted by atomic mass is 10.3. The monoisotopic (exact) mass is 127 g/mol. The van der Waals surface area contributed by atoms with Crippen molar-refractivity contribution in [1.29, 1.82) is 0 Å². The van der Waals surface area contributed by atoms with Gasteiger partial charge in [-0.2, -0.15) is 0 Å². The molecule has 0 aromatic rings. The van der Waals surface area contributed by atoms with Gasteiger partial charge in [-0.25, -0.2) is 0 Å². The van der Waals surface area contributed by atoms with Gasteiger partial charge in [-0.1, -0.05) is 0 Å². The number of ether oxygens (including phenoxy) is 1. The van der Waals surface area contributed by atoms with E-state index in [1.165, 1.54) is 12.8 Å². The second kappa shape index (κ2) is 2.27. The van der Waals surface area contributed by atoms with E-state index in [9.17, 15) is 0 Å². The summed E-state index contributed by atoms with van der Waals surface area (Å²) in [6.45, 7) is 3.11. The first-order valence-corrected chi connectivity index (χ1v) is 3.78. The number of hydrogen-bond acceptors (Lipinski definition) is 2. The van der Waals surface area contributed by atoms with E-state index >= 15 is 0 Å². The number of fused-ring (bicyclic) bond motifs is 1. The fraction of sp³-hybridized carbons (Fsp3) is 1.00. The smallest absolute Gasteiger partial charge is 0.0509 e. The van der Waals surface area contributed by atoms with Gasteiger partial charge in [0.25, 0.3) is 0 Å². The molecule has 0 radical (unpaired) electrons. The van der Waals surface area contributed by atoms with Gasteiger partial charge >= 0.3 is 0 Å². The van der Waals surface area contributed by atoms with Gasteiger partial charge in [0.15, 0.2) is 0 Å². The Balaban J connectivity index is 1.81. The molecule has 1 heterocycles. The molecule has 2 unspecified atom stereocenters. The summed E-state index contributed by atoms with van der Waals surface area (Å²) < 4.78 is 5.39. The third-order valence-corrected chi connectivity index (χ3v) is 2.13. The molecule has 0 amide bonds. The number of hydrogen-bond donors (Lipinski definition) is 1. The van der Waals surface area contributed by atoms with E-state index in [0.717, 1.165) is 31.7 Å². The van der Waals surface area contributed by atoms with Crippen molar-refractivity contribution in [1.82, 2.24) is 5.32 Å². The first-order chi connectivity index (χ1) is 4.47. The molecule has 0 aromatic heterocycles. The van der Waals surface area contributed by atoms with E-state index in [-0.39, 0.29) is 0 Å². The van der Waals surface area contributed by atoms with Gasteiger partial charge in [0.1, 0.15) is 0 Å². The molecule has 2 aliphatic rings. The molecule has 2 atom stereocenters. The van der Waals surface area contributed by atoms with Gasteiger partial charge in [-0.05, 0) is 25.3 Å². The number of rotatable bonds is 0. The van der Waals surface area contributed by atoms with Crippen LogP contribution >= 0.6 is 0 Å². The summed E-state index contributed by atoms with van der Waals surface area (Å²) in [6, 6.07) is 0.810. The van der Waals surface area contributed by atoms with Crippen LogP contribution in [0.2, 0.25) is 0 Å². The van der Waals surface area contributed by atoms with Crippen LogP contribution in [-0.4, -0.2) is 25.8 Å². The van der Waals surface area contributed by atoms with Crippen LogP contribution in [0.25, 0.3) is 0 Å². The van der Waals surface area contributed by atoms with Gasteiger partial charge in [-0.15, -0.1) is 0 Å². The van der Waals surface area contributed by atoms with E-state index in [1.54, 1.807) is 0 Å². The topological polar surface area (TPSA) is 21.3 Å². The standard InChI is InChI=1S/C7H13NO/c1-2-8-7-4-6(7)5-9-3-1/h6-8H,1-5H2. The highest BCUT2D eigenvalue weighted by molar-refractivity contribution is 4.93. The van der Waals surface area contributed by atoms with Crippen molar-refractivity contribution in [3.8, 4) is 0 Å². The predicted octanol–water partition coefficient (Wildman–Crippen LogP) is 0.385. The lowest BCUT2D eigenvalue weighted by Gasteiger charge is -2.09. The number of nitrogens with one attached hydrogen (secondary N) is 1. The Bertz CT molecular complexity index is 93.1. The van der Waals surface area contributed by atoms with Crippen LogP contribution in [0.3, 0.4) is 0 Å². The molecule has 1 saturated heterocycles. The van der Waals surface area contributed by atoms with Crippen LogP contribution in [0.5, 0.6) is 0 Å². The Labute approximate surface area is 55.6 Å². The lowest BCUT2D eigenvalue weighted by Crippen LogP contribution is -2.24. The van der Waals surface area contributed by atoms with Crippen LogP contribution in [0.4, 0.5) is 0 Å². The van der Waals surface area contributed by atoms with Crippen LogP contribution in [0.15, 0.2) is 0 Å². The summed E-state index contributed by atoms with van der Waals surface area (Å²) >= 11 is 0. The van der Waals surface area contributed by atoms with Gasteiger partial charge in [0.2, 0.25) is 0 Å². The summed E-state index contributed by atoms with van der Waals surface area (Å²) in [6.07, 6.45) is 2.53. The zero-order valence-corrected chi connectivity index (χ0v) is 5.60. The highest BCUT2D eigenvalue weighted by Gasteiger charge is 2.36. The highest BCUT2D eigenvalue weighted by Crippen LogP contribution is 2.30. The molecule has 52 valence electrons. The first kappa shape index (κ1) is 5.69. The maximum Gasteiger partial charge on any atom is 0.0509 e. The maximum absolute atomic E-state index is 5.39. The Hall–Kier alpha value is -0.0800. The normalized spacial score (nSPS) is 42.7. The molecule has 9 heavy (non-hydrogen) atoms. The molecule has 1 N–H and O–H groups in total. The first-order valence-electron chi connectivity index (χ1n) is 3.78. The van der Waals surface area contributed by atoms with Crippen molar-refractivity contribution in [2.24, 2.45) is 5.92 Å². The Kier molecular flexibility index (Phi) is 1.44. The predicted molar refractivity (Wildman–Crippen MR) is 35.3 cm³/mol. The Morgan fingerprint density at radius 2 is 2.44 bits per heavy atom. The van der Waals surface area contributed by atoms with Crippen LogP contribution in [-0.2, 0) is 4.74 Å². The van der Waals surface area contributed by atoms with Crippen molar-refractivity contribution in [3.05, 3.63) is 0 Å². The van der Waals surface area contributed by atoms with E-state index in [0.29, 0.717) is 0 Å². The molecule has 0 aromatic carbocycles. The molecular weight excluding hydrogens is 114 g/mol. The van der Waals surface area contributed by atoms with E-state index in [2.05, 4.69) is 5.32 Å². The molecule has 2 rings (SSSR count). The summed E-state index contributed by atoms with van der Waals surface area (Å²) in [7, 11) is 0. The molecule has 2 nitrogen and oxygen atoms in total. The molecule has 1 saturated carbocycles. The van der Waals surface area contributed by atoms with Crippen molar-refractivity contribution >= 4 is 0 Å². The average Bonchev–Trinajstić information content (AvgIpc) is 2.46. The van der Waals surface area contributed by atoms with Crippen LogP contribution in [0, 0.1) is 5.92 Å². The molecule has 1 aliphatic carbocycles. The molecule has 0 bridgehead atoms. The summed E-state index contributed by atoms with van der Waals surface area (Å²) in [5.74, 6) is 0.852. The van der Waals surface area contributed by atoms with Crippen LogP contribution in [0.1, 0.15) is 12.8 Å². The minimum Gasteiger partial charge on any atom is -0.381 e. The third-order valence-electron chi connectivity index (χ3n) is 2.13. The minimum atomic E-state index is 0.810. The quantitative estimate of drug-likeness (QED) is 0.508. The van der Waals surface area contributed by atoms with E-state index < -0.39 is 0 Å². The second-order valence-electron chi connectivity index (χ2n) is 2.98. The van der Waals surface area contributed by atoms with Crippen molar-refractivity contribution in [3.63, 3.8) is 0 Å².